The Morgan fingerprint density at radius 2 is 1.50 bits per heavy atom. The molecule has 0 heterocycles. The maximum Gasteiger partial charge on any atom is 0.425 e. The Balaban J connectivity index is 0.000000261. The number of benzene rings is 1. The summed E-state index contributed by atoms with van der Waals surface area (Å²) in [6, 6.07) is 10.0. The van der Waals surface area contributed by atoms with Crippen molar-refractivity contribution in [2.24, 2.45) is 0 Å². The SMILES string of the molecule is C=Cc1ccccc1.O=S(=O)=O. The summed E-state index contributed by atoms with van der Waals surface area (Å²) in [5.74, 6) is 0. The van der Waals surface area contributed by atoms with Crippen molar-refractivity contribution in [1.29, 1.82) is 0 Å². The second-order valence-electron chi connectivity index (χ2n) is 1.82. The smallest absolute Gasteiger partial charge is 0.142 e. The lowest BCUT2D eigenvalue weighted by Crippen LogP contribution is -1.63. The first-order valence-electron chi connectivity index (χ1n) is 3.11. The van der Waals surface area contributed by atoms with Crippen molar-refractivity contribution in [3.63, 3.8) is 0 Å². The minimum absolute atomic E-state index is 1.17. The molecule has 0 aliphatic carbocycles. The minimum Gasteiger partial charge on any atom is -0.142 e. The van der Waals surface area contributed by atoms with Crippen LogP contribution in [0.4, 0.5) is 0 Å². The molecule has 1 rings (SSSR count). The van der Waals surface area contributed by atoms with Gasteiger partial charge in [-0.3, -0.25) is 0 Å². The highest BCUT2D eigenvalue weighted by atomic mass is 32.2. The summed E-state index contributed by atoms with van der Waals surface area (Å²) in [4.78, 5) is 0. The molecule has 0 aromatic heterocycles. The van der Waals surface area contributed by atoms with Gasteiger partial charge in [0.05, 0.1) is 0 Å². The van der Waals surface area contributed by atoms with Crippen LogP contribution in [0.2, 0.25) is 0 Å². The van der Waals surface area contributed by atoms with E-state index in [1.54, 1.807) is 0 Å². The molecule has 0 fully saturated rings. The van der Waals surface area contributed by atoms with Gasteiger partial charge in [-0.25, -0.2) is 0 Å². The molecule has 64 valence electrons. The second-order valence-corrected chi connectivity index (χ2v) is 2.23. The fourth-order valence-corrected chi connectivity index (χ4v) is 0.589. The normalized spacial score (nSPS) is 7.67. The van der Waals surface area contributed by atoms with Gasteiger partial charge in [-0.2, -0.15) is 0 Å². The van der Waals surface area contributed by atoms with Crippen LogP contribution in [-0.4, -0.2) is 12.6 Å². The predicted molar refractivity (Wildman–Crippen MR) is 46.2 cm³/mol. The minimum atomic E-state index is -3.11. The van der Waals surface area contributed by atoms with Crippen molar-refractivity contribution in [3.05, 3.63) is 42.5 Å². The Morgan fingerprint density at radius 3 is 1.75 bits per heavy atom. The summed E-state index contributed by atoms with van der Waals surface area (Å²) >= 11 is 0. The Morgan fingerprint density at radius 1 is 1.08 bits per heavy atom. The average molecular weight is 184 g/mol. The molecule has 0 amide bonds. The maximum atomic E-state index is 8.44. The van der Waals surface area contributed by atoms with Crippen molar-refractivity contribution >= 4 is 16.7 Å². The van der Waals surface area contributed by atoms with E-state index in [2.05, 4.69) is 6.58 Å². The van der Waals surface area contributed by atoms with E-state index in [0.29, 0.717) is 0 Å². The van der Waals surface area contributed by atoms with Crippen LogP contribution in [0.25, 0.3) is 6.08 Å². The summed E-state index contributed by atoms with van der Waals surface area (Å²) in [7, 11) is -3.11. The second kappa shape index (κ2) is 6.30. The monoisotopic (exact) mass is 184 g/mol. The number of rotatable bonds is 1. The molecule has 0 atom stereocenters. The summed E-state index contributed by atoms with van der Waals surface area (Å²) in [6.07, 6.45) is 1.83. The van der Waals surface area contributed by atoms with Crippen LogP contribution in [0.5, 0.6) is 0 Å². The van der Waals surface area contributed by atoms with Crippen LogP contribution in [0.15, 0.2) is 36.9 Å². The third-order valence-electron chi connectivity index (χ3n) is 1.04. The molecule has 1 aromatic carbocycles. The third-order valence-corrected chi connectivity index (χ3v) is 1.04. The summed E-state index contributed by atoms with van der Waals surface area (Å²) in [6.45, 7) is 3.63. The van der Waals surface area contributed by atoms with E-state index in [1.807, 2.05) is 36.4 Å². The zero-order chi connectivity index (χ0) is 9.40. The molecular formula is C8H8O3S. The van der Waals surface area contributed by atoms with Gasteiger partial charge in [0.2, 0.25) is 0 Å². The first-order chi connectivity index (χ1) is 5.66. The van der Waals surface area contributed by atoms with Crippen molar-refractivity contribution < 1.29 is 12.6 Å². The Bertz CT molecular complexity index is 318. The van der Waals surface area contributed by atoms with E-state index in [4.69, 9.17) is 12.6 Å². The highest BCUT2D eigenvalue weighted by molar-refractivity contribution is 7.59. The van der Waals surface area contributed by atoms with Crippen molar-refractivity contribution in [2.45, 2.75) is 0 Å². The van der Waals surface area contributed by atoms with Crippen LogP contribution < -0.4 is 0 Å². The fraction of sp³-hybridized carbons (Fsp3) is 0. The highest BCUT2D eigenvalue weighted by Gasteiger charge is 1.75. The van der Waals surface area contributed by atoms with Crippen molar-refractivity contribution in [2.75, 3.05) is 0 Å². The van der Waals surface area contributed by atoms with Crippen molar-refractivity contribution in [3.8, 4) is 0 Å². The predicted octanol–water partition coefficient (Wildman–Crippen LogP) is 1.33. The zero-order valence-electron chi connectivity index (χ0n) is 6.30. The van der Waals surface area contributed by atoms with Gasteiger partial charge in [-0.15, -0.1) is 12.6 Å². The van der Waals surface area contributed by atoms with Crippen LogP contribution in [0.1, 0.15) is 5.56 Å². The molecule has 0 unspecified atom stereocenters. The quantitative estimate of drug-likeness (QED) is 0.661. The molecule has 4 heteroatoms. The van der Waals surface area contributed by atoms with Gasteiger partial charge in [0, 0.05) is 0 Å². The maximum absolute atomic E-state index is 8.44. The van der Waals surface area contributed by atoms with Gasteiger partial charge >= 0.3 is 10.6 Å². The van der Waals surface area contributed by atoms with Crippen molar-refractivity contribution in [1.82, 2.24) is 0 Å². The van der Waals surface area contributed by atoms with Gasteiger partial charge in [0.1, 0.15) is 0 Å². The molecule has 0 N–H and O–H groups in total. The molecule has 0 aliphatic rings. The lowest BCUT2D eigenvalue weighted by atomic mass is 10.2. The molecule has 0 aliphatic heterocycles. The number of hydrogen-bond donors (Lipinski definition) is 0. The van der Waals surface area contributed by atoms with E-state index in [-0.39, 0.29) is 0 Å². The van der Waals surface area contributed by atoms with Gasteiger partial charge in [-0.1, -0.05) is 43.0 Å². The zero-order valence-corrected chi connectivity index (χ0v) is 7.12. The van der Waals surface area contributed by atoms with Gasteiger partial charge < -0.3 is 0 Å². The Hall–Kier alpha value is -1.42. The van der Waals surface area contributed by atoms with Crippen LogP contribution in [-0.2, 0) is 10.6 Å². The summed E-state index contributed by atoms with van der Waals surface area (Å²) in [5.41, 5.74) is 1.17. The van der Waals surface area contributed by atoms with E-state index >= 15 is 0 Å². The molecule has 3 nitrogen and oxygen atoms in total. The first-order valence-corrected chi connectivity index (χ1v) is 4.11. The van der Waals surface area contributed by atoms with Gasteiger partial charge in [0.15, 0.2) is 0 Å². The third kappa shape index (κ3) is 6.70. The molecule has 0 spiro atoms. The molecule has 0 saturated carbocycles. The molecule has 0 saturated heterocycles. The van der Waals surface area contributed by atoms with Crippen LogP contribution in [0.3, 0.4) is 0 Å². The van der Waals surface area contributed by atoms with E-state index < -0.39 is 10.6 Å². The van der Waals surface area contributed by atoms with Crippen LogP contribution >= 0.6 is 0 Å². The number of hydrogen-bond acceptors (Lipinski definition) is 3. The molecule has 1 aromatic rings. The van der Waals surface area contributed by atoms with Gasteiger partial charge in [-0.05, 0) is 5.56 Å². The Kier molecular flexibility index (Phi) is 5.55. The molecular weight excluding hydrogens is 176 g/mol. The lowest BCUT2D eigenvalue weighted by Gasteiger charge is -1.85. The topological polar surface area (TPSA) is 51.2 Å². The fourth-order valence-electron chi connectivity index (χ4n) is 0.589. The summed E-state index contributed by atoms with van der Waals surface area (Å²) < 4.78 is 25.3. The molecule has 0 radical (unpaired) electrons. The lowest BCUT2D eigenvalue weighted by molar-refractivity contribution is 0.559. The highest BCUT2D eigenvalue weighted by Crippen LogP contribution is 1.97. The summed E-state index contributed by atoms with van der Waals surface area (Å²) in [5, 5.41) is 0. The largest absolute Gasteiger partial charge is 0.425 e. The van der Waals surface area contributed by atoms with E-state index in [1.165, 1.54) is 5.56 Å². The van der Waals surface area contributed by atoms with Crippen LogP contribution in [0, 0.1) is 0 Å². The Labute approximate surface area is 72.4 Å². The van der Waals surface area contributed by atoms with Gasteiger partial charge in [0.25, 0.3) is 0 Å². The molecule has 0 bridgehead atoms. The van der Waals surface area contributed by atoms with E-state index in [0.717, 1.165) is 0 Å². The standard InChI is InChI=1S/C8H8.O3S/c1-2-8-6-4-3-5-7-8;1-4(2)3/h2-7H,1H2;. The first kappa shape index (κ1) is 10.6. The average Bonchev–Trinajstić information content (AvgIpc) is 2.05. The molecule has 12 heavy (non-hydrogen) atoms. The van der Waals surface area contributed by atoms with E-state index in [9.17, 15) is 0 Å².